The SMILES string of the molecule is CC(=O)C12C(=O)OC3C(=O)C31C2=O. The Hall–Kier alpha value is -1.52. The fraction of sp³-hybridized carbons (Fsp3) is 0.500. The Morgan fingerprint density at radius 1 is 1.38 bits per heavy atom. The van der Waals surface area contributed by atoms with Crippen molar-refractivity contribution in [2.24, 2.45) is 10.8 Å². The Morgan fingerprint density at radius 3 is 2.38 bits per heavy atom. The number of hydrogen-bond donors (Lipinski definition) is 0. The van der Waals surface area contributed by atoms with E-state index in [2.05, 4.69) is 4.74 Å². The standard InChI is InChI=1S/C8H4O5/c1-2(9)7-5(11)8(7)3(10)4(8)13-6(7)12/h4H,1H3. The van der Waals surface area contributed by atoms with Gasteiger partial charge in [0.15, 0.2) is 28.9 Å². The molecule has 0 radical (unpaired) electrons. The largest absolute Gasteiger partial charge is 0.452 e. The lowest BCUT2D eigenvalue weighted by molar-refractivity contribution is -0.154. The molecule has 3 aliphatic rings. The summed E-state index contributed by atoms with van der Waals surface area (Å²) in [6.07, 6.45) is -0.948. The average Bonchev–Trinajstić information content (AvgIpc) is 2.72. The molecule has 66 valence electrons. The molecule has 3 rings (SSSR count). The van der Waals surface area contributed by atoms with E-state index < -0.39 is 40.3 Å². The van der Waals surface area contributed by atoms with Crippen LogP contribution in [-0.4, -0.2) is 29.4 Å². The van der Waals surface area contributed by atoms with Gasteiger partial charge in [0.1, 0.15) is 0 Å². The van der Waals surface area contributed by atoms with Gasteiger partial charge in [-0.1, -0.05) is 0 Å². The third-order valence-electron chi connectivity index (χ3n) is 3.22. The van der Waals surface area contributed by atoms with Crippen LogP contribution in [0.2, 0.25) is 0 Å². The summed E-state index contributed by atoms with van der Waals surface area (Å²) in [6, 6.07) is 0. The van der Waals surface area contributed by atoms with E-state index >= 15 is 0 Å². The van der Waals surface area contributed by atoms with Crippen molar-refractivity contribution in [3.63, 3.8) is 0 Å². The van der Waals surface area contributed by atoms with E-state index in [0.717, 1.165) is 6.92 Å². The van der Waals surface area contributed by atoms with Crippen molar-refractivity contribution in [3.8, 4) is 0 Å². The van der Waals surface area contributed by atoms with Crippen molar-refractivity contribution in [3.05, 3.63) is 0 Å². The number of esters is 1. The van der Waals surface area contributed by atoms with Gasteiger partial charge in [-0.05, 0) is 6.92 Å². The van der Waals surface area contributed by atoms with Gasteiger partial charge in [-0.2, -0.15) is 0 Å². The van der Waals surface area contributed by atoms with E-state index in [4.69, 9.17) is 0 Å². The van der Waals surface area contributed by atoms with Gasteiger partial charge in [0, 0.05) is 0 Å². The van der Waals surface area contributed by atoms with Crippen LogP contribution >= 0.6 is 0 Å². The summed E-state index contributed by atoms with van der Waals surface area (Å²) in [6.45, 7) is 1.14. The van der Waals surface area contributed by atoms with E-state index in [9.17, 15) is 19.2 Å². The molecule has 5 heteroatoms. The van der Waals surface area contributed by atoms with Crippen molar-refractivity contribution in [1.29, 1.82) is 0 Å². The minimum Gasteiger partial charge on any atom is -0.452 e. The van der Waals surface area contributed by atoms with Gasteiger partial charge in [-0.3, -0.25) is 19.2 Å². The molecule has 0 aromatic carbocycles. The predicted molar refractivity (Wildman–Crippen MR) is 35.4 cm³/mol. The van der Waals surface area contributed by atoms with Gasteiger partial charge >= 0.3 is 5.97 Å². The summed E-state index contributed by atoms with van der Waals surface area (Å²) in [4.78, 5) is 44.7. The van der Waals surface area contributed by atoms with Crippen molar-refractivity contribution >= 4 is 23.3 Å². The number of ether oxygens (including phenoxy) is 1. The third kappa shape index (κ3) is 0.334. The van der Waals surface area contributed by atoms with Gasteiger partial charge in [0.2, 0.25) is 5.41 Å². The minimum atomic E-state index is -1.73. The van der Waals surface area contributed by atoms with Crippen LogP contribution in [0.4, 0.5) is 0 Å². The highest BCUT2D eigenvalue weighted by Crippen LogP contribution is 2.78. The van der Waals surface area contributed by atoms with Crippen LogP contribution in [0.15, 0.2) is 0 Å². The third-order valence-corrected chi connectivity index (χ3v) is 3.22. The smallest absolute Gasteiger partial charge is 0.329 e. The first-order valence-corrected chi connectivity index (χ1v) is 3.83. The average molecular weight is 180 g/mol. The van der Waals surface area contributed by atoms with Crippen LogP contribution in [0.25, 0.3) is 0 Å². The first-order chi connectivity index (χ1) is 6.02. The summed E-state index contributed by atoms with van der Waals surface area (Å²) in [5.41, 5.74) is -3.09. The molecule has 0 aromatic heterocycles. The van der Waals surface area contributed by atoms with Crippen LogP contribution in [-0.2, 0) is 23.9 Å². The Labute approximate surface area is 72.0 Å². The highest BCUT2D eigenvalue weighted by Gasteiger charge is 3.06. The van der Waals surface area contributed by atoms with Gasteiger partial charge in [0.05, 0.1) is 0 Å². The summed E-state index contributed by atoms with van der Waals surface area (Å²) in [5.74, 6) is -2.38. The van der Waals surface area contributed by atoms with Crippen LogP contribution in [0.5, 0.6) is 0 Å². The van der Waals surface area contributed by atoms with Crippen LogP contribution in [0, 0.1) is 10.8 Å². The van der Waals surface area contributed by atoms with Crippen LogP contribution in [0.3, 0.4) is 0 Å². The molecule has 3 fully saturated rings. The van der Waals surface area contributed by atoms with E-state index in [1.54, 1.807) is 0 Å². The minimum absolute atomic E-state index is 0.410. The number of carbonyl (C=O) groups excluding carboxylic acids is 4. The van der Waals surface area contributed by atoms with Gasteiger partial charge in [-0.15, -0.1) is 0 Å². The van der Waals surface area contributed by atoms with Gasteiger partial charge < -0.3 is 4.74 Å². The highest BCUT2D eigenvalue weighted by atomic mass is 16.6. The molecule has 0 aromatic rings. The Morgan fingerprint density at radius 2 is 2.00 bits per heavy atom. The Bertz CT molecular complexity index is 422. The molecule has 2 aliphatic carbocycles. The Kier molecular flexibility index (Phi) is 0.717. The molecule has 1 spiro atoms. The normalized spacial score (nSPS) is 49.6. The fourth-order valence-corrected chi connectivity index (χ4v) is 2.46. The predicted octanol–water partition coefficient (Wildman–Crippen LogP) is -1.36. The topological polar surface area (TPSA) is 77.5 Å². The van der Waals surface area contributed by atoms with E-state index in [1.165, 1.54) is 0 Å². The van der Waals surface area contributed by atoms with E-state index in [-0.39, 0.29) is 0 Å². The maximum absolute atomic E-state index is 11.3. The van der Waals surface area contributed by atoms with Crippen molar-refractivity contribution in [2.45, 2.75) is 13.0 Å². The molecule has 0 bridgehead atoms. The number of Topliss-reactive ketones (excluding diaryl/α,β-unsaturated/α-hetero) is 3. The summed E-state index contributed by atoms with van der Waals surface area (Å²) in [5, 5.41) is 0. The molecule has 2 saturated carbocycles. The van der Waals surface area contributed by atoms with Crippen LogP contribution < -0.4 is 0 Å². The molecular formula is C8H4O5. The summed E-state index contributed by atoms with van der Waals surface area (Å²) < 4.78 is 4.61. The first-order valence-electron chi connectivity index (χ1n) is 3.83. The molecule has 5 nitrogen and oxygen atoms in total. The molecule has 0 amide bonds. The second kappa shape index (κ2) is 1.34. The van der Waals surface area contributed by atoms with Crippen molar-refractivity contribution < 1.29 is 23.9 Å². The lowest BCUT2D eigenvalue weighted by Crippen LogP contribution is -2.28. The quantitative estimate of drug-likeness (QED) is 0.368. The van der Waals surface area contributed by atoms with Crippen molar-refractivity contribution in [1.82, 2.24) is 0 Å². The van der Waals surface area contributed by atoms with Crippen molar-refractivity contribution in [2.75, 3.05) is 0 Å². The van der Waals surface area contributed by atoms with Gasteiger partial charge in [0.25, 0.3) is 0 Å². The molecule has 1 heterocycles. The maximum atomic E-state index is 11.3. The second-order valence-corrected chi connectivity index (χ2v) is 3.59. The molecule has 1 aliphatic heterocycles. The molecule has 1 saturated heterocycles. The molecule has 3 unspecified atom stereocenters. The number of hydrogen-bond acceptors (Lipinski definition) is 5. The molecule has 0 N–H and O–H groups in total. The summed E-state index contributed by atoms with van der Waals surface area (Å²) in [7, 11) is 0. The lowest BCUT2D eigenvalue weighted by atomic mass is 9.99. The lowest BCUT2D eigenvalue weighted by Gasteiger charge is -2.02. The zero-order valence-electron chi connectivity index (χ0n) is 6.62. The maximum Gasteiger partial charge on any atom is 0.329 e. The highest BCUT2D eigenvalue weighted by molar-refractivity contribution is 6.54. The van der Waals surface area contributed by atoms with Crippen LogP contribution in [0.1, 0.15) is 6.92 Å². The monoisotopic (exact) mass is 180 g/mol. The fourth-order valence-electron chi connectivity index (χ4n) is 2.46. The first kappa shape index (κ1) is 6.94. The van der Waals surface area contributed by atoms with E-state index in [0.29, 0.717) is 0 Å². The summed E-state index contributed by atoms with van der Waals surface area (Å²) >= 11 is 0. The zero-order chi connectivity index (χ0) is 9.59. The number of ketones is 3. The zero-order valence-corrected chi connectivity index (χ0v) is 6.62. The van der Waals surface area contributed by atoms with Gasteiger partial charge in [-0.25, -0.2) is 0 Å². The molecule has 13 heavy (non-hydrogen) atoms. The molecule has 3 atom stereocenters. The number of carbonyl (C=O) groups is 4. The number of rotatable bonds is 1. The second-order valence-electron chi connectivity index (χ2n) is 3.59. The Balaban J connectivity index is 2.25. The molecular weight excluding hydrogens is 176 g/mol. The van der Waals surface area contributed by atoms with E-state index in [1.807, 2.05) is 0 Å².